The van der Waals surface area contributed by atoms with Crippen molar-refractivity contribution in [3.8, 4) is 0 Å². The summed E-state index contributed by atoms with van der Waals surface area (Å²) in [6.07, 6.45) is 1.78. The van der Waals surface area contributed by atoms with Crippen molar-refractivity contribution < 1.29 is 14.0 Å². The topological polar surface area (TPSA) is 74.0 Å². The van der Waals surface area contributed by atoms with Gasteiger partial charge in [0.05, 0.1) is 12.1 Å². The van der Waals surface area contributed by atoms with E-state index in [0.29, 0.717) is 11.4 Å². The minimum absolute atomic E-state index is 0.110. The summed E-state index contributed by atoms with van der Waals surface area (Å²) in [6.45, 7) is 0. The van der Waals surface area contributed by atoms with Gasteiger partial charge in [0, 0.05) is 11.9 Å². The smallest absolute Gasteiger partial charge is 0.272 e. The summed E-state index contributed by atoms with van der Waals surface area (Å²) in [5.74, 6) is -1.03. The lowest BCUT2D eigenvalue weighted by molar-refractivity contribution is -0.115. The first-order chi connectivity index (χ1) is 12.1. The van der Waals surface area contributed by atoms with Crippen molar-refractivity contribution in [2.75, 3.05) is 10.6 Å². The highest BCUT2D eigenvalue weighted by atomic mass is 19.1. The summed E-state index contributed by atoms with van der Waals surface area (Å²) in [7, 11) is 0. The van der Waals surface area contributed by atoms with Crippen LogP contribution in [0.3, 0.4) is 0 Å². The van der Waals surface area contributed by atoms with Gasteiger partial charge in [-0.1, -0.05) is 24.3 Å². The van der Waals surface area contributed by atoms with Crippen LogP contribution in [0.5, 0.6) is 0 Å². The molecule has 0 unspecified atom stereocenters. The number of amides is 2. The van der Waals surface area contributed by atoms with Gasteiger partial charge in [-0.15, -0.1) is 0 Å². The van der Waals surface area contributed by atoms with Crippen LogP contribution in [-0.2, 0) is 11.2 Å². The molecule has 0 aliphatic rings. The maximum Gasteiger partial charge on any atom is 0.272 e. The van der Waals surface area contributed by atoms with Crippen LogP contribution in [0.2, 0.25) is 0 Å². The molecule has 0 fully saturated rings. The van der Waals surface area contributed by atoms with Crippen molar-refractivity contribution in [1.29, 1.82) is 0 Å². The molecule has 3 rings (SSSR count). The Morgan fingerprint density at radius 1 is 0.920 bits per heavy atom. The molecule has 126 valence electrons. The summed E-state index contributed by atoms with van der Waals surface area (Å²) in [5, 5.41) is 5.29. The molecule has 0 radical (unpaired) electrons. The number of halogens is 1. The summed E-state index contributed by atoms with van der Waals surface area (Å²) in [4.78, 5) is 26.8. The molecule has 0 saturated heterocycles. The van der Waals surface area contributed by atoms with Gasteiger partial charge < -0.3 is 15.6 Å². The van der Waals surface area contributed by atoms with E-state index in [0.717, 1.165) is 5.56 Å². The summed E-state index contributed by atoms with van der Waals surface area (Å²) in [5.41, 5.74) is 2.00. The summed E-state index contributed by atoms with van der Waals surface area (Å²) in [6, 6.07) is 16.3. The van der Waals surface area contributed by atoms with Gasteiger partial charge in [-0.2, -0.15) is 0 Å². The normalized spacial score (nSPS) is 10.3. The van der Waals surface area contributed by atoms with E-state index in [4.69, 9.17) is 0 Å². The van der Waals surface area contributed by atoms with Crippen LogP contribution in [0.25, 0.3) is 0 Å². The number of anilines is 2. The third-order valence-electron chi connectivity index (χ3n) is 3.57. The molecule has 0 aliphatic carbocycles. The van der Waals surface area contributed by atoms with Crippen LogP contribution in [0.15, 0.2) is 66.9 Å². The Morgan fingerprint density at radius 2 is 1.68 bits per heavy atom. The zero-order valence-corrected chi connectivity index (χ0v) is 13.3. The average molecular weight is 337 g/mol. The Labute approximate surface area is 143 Å². The first kappa shape index (κ1) is 16.4. The van der Waals surface area contributed by atoms with Crippen molar-refractivity contribution in [1.82, 2.24) is 4.98 Å². The van der Waals surface area contributed by atoms with Crippen LogP contribution in [0, 0.1) is 5.82 Å². The van der Waals surface area contributed by atoms with Gasteiger partial charge in [0.25, 0.3) is 5.91 Å². The van der Waals surface area contributed by atoms with E-state index in [2.05, 4.69) is 15.6 Å². The molecule has 1 heterocycles. The van der Waals surface area contributed by atoms with Gasteiger partial charge in [-0.25, -0.2) is 4.39 Å². The van der Waals surface area contributed by atoms with Crippen molar-refractivity contribution in [2.24, 2.45) is 0 Å². The second-order valence-electron chi connectivity index (χ2n) is 5.44. The fourth-order valence-electron chi connectivity index (χ4n) is 2.32. The van der Waals surface area contributed by atoms with Gasteiger partial charge in [0.1, 0.15) is 11.5 Å². The number of carbonyl (C=O) groups excluding carboxylic acids is 2. The number of H-pyrrole nitrogens is 1. The standard InChI is InChI=1S/C19H16FN3O2/c20-15-4-1-2-5-16(15)23-18(24)12-13-7-9-14(10-8-13)22-19(25)17-6-3-11-21-17/h1-11,21H,12H2,(H,22,25)(H,23,24). The molecule has 3 N–H and O–H groups in total. The fraction of sp³-hybridized carbons (Fsp3) is 0.0526. The molecule has 0 spiro atoms. The van der Waals surface area contributed by atoms with Crippen molar-refractivity contribution in [2.45, 2.75) is 6.42 Å². The lowest BCUT2D eigenvalue weighted by Crippen LogP contribution is -2.15. The molecule has 0 aliphatic heterocycles. The predicted octanol–water partition coefficient (Wildman–Crippen LogP) is 3.59. The lowest BCUT2D eigenvalue weighted by atomic mass is 10.1. The Hall–Kier alpha value is -3.41. The molecule has 1 aromatic heterocycles. The van der Waals surface area contributed by atoms with E-state index in [1.807, 2.05) is 0 Å². The molecule has 2 aromatic carbocycles. The first-order valence-corrected chi connectivity index (χ1v) is 7.70. The molecule has 6 heteroatoms. The molecule has 0 atom stereocenters. The molecule has 0 saturated carbocycles. The zero-order chi connectivity index (χ0) is 17.6. The molecule has 3 aromatic rings. The Bertz CT molecular complexity index is 874. The molecular formula is C19H16FN3O2. The van der Waals surface area contributed by atoms with Crippen LogP contribution in [0.1, 0.15) is 16.1 Å². The minimum Gasteiger partial charge on any atom is -0.357 e. The number of hydrogen-bond acceptors (Lipinski definition) is 2. The monoisotopic (exact) mass is 337 g/mol. The molecule has 0 bridgehead atoms. The number of hydrogen-bond donors (Lipinski definition) is 3. The van der Waals surface area contributed by atoms with E-state index in [1.54, 1.807) is 54.7 Å². The van der Waals surface area contributed by atoms with Gasteiger partial charge >= 0.3 is 0 Å². The second-order valence-corrected chi connectivity index (χ2v) is 5.44. The van der Waals surface area contributed by atoms with E-state index in [9.17, 15) is 14.0 Å². The minimum atomic E-state index is -0.474. The summed E-state index contributed by atoms with van der Waals surface area (Å²) >= 11 is 0. The second kappa shape index (κ2) is 7.44. The van der Waals surface area contributed by atoms with Crippen LogP contribution >= 0.6 is 0 Å². The van der Waals surface area contributed by atoms with Gasteiger partial charge in [0.15, 0.2) is 0 Å². The van der Waals surface area contributed by atoms with Crippen molar-refractivity contribution >= 4 is 23.2 Å². The third kappa shape index (κ3) is 4.32. The predicted molar refractivity (Wildman–Crippen MR) is 93.9 cm³/mol. The number of rotatable bonds is 5. The van der Waals surface area contributed by atoms with Gasteiger partial charge in [0.2, 0.25) is 5.91 Å². The molecular weight excluding hydrogens is 321 g/mol. The van der Waals surface area contributed by atoms with Crippen molar-refractivity contribution in [3.63, 3.8) is 0 Å². The van der Waals surface area contributed by atoms with E-state index >= 15 is 0 Å². The number of nitrogens with one attached hydrogen (secondary N) is 3. The highest BCUT2D eigenvalue weighted by Gasteiger charge is 2.09. The van der Waals surface area contributed by atoms with Crippen LogP contribution in [0.4, 0.5) is 15.8 Å². The molecule has 25 heavy (non-hydrogen) atoms. The number of benzene rings is 2. The number of aromatic nitrogens is 1. The van der Waals surface area contributed by atoms with Crippen molar-refractivity contribution in [3.05, 3.63) is 83.9 Å². The molecule has 5 nitrogen and oxygen atoms in total. The summed E-state index contributed by atoms with van der Waals surface area (Å²) < 4.78 is 13.5. The van der Waals surface area contributed by atoms with Crippen LogP contribution in [-0.4, -0.2) is 16.8 Å². The third-order valence-corrected chi connectivity index (χ3v) is 3.57. The van der Waals surface area contributed by atoms with Gasteiger partial charge in [-0.05, 0) is 42.0 Å². The Kier molecular flexibility index (Phi) is 4.89. The van der Waals surface area contributed by atoms with Gasteiger partial charge in [-0.3, -0.25) is 9.59 Å². The fourth-order valence-corrected chi connectivity index (χ4v) is 2.32. The number of carbonyl (C=O) groups is 2. The molecule has 2 amide bonds. The number of aromatic amines is 1. The largest absolute Gasteiger partial charge is 0.357 e. The maximum absolute atomic E-state index is 13.5. The quantitative estimate of drug-likeness (QED) is 0.666. The average Bonchev–Trinajstić information content (AvgIpc) is 3.13. The highest BCUT2D eigenvalue weighted by molar-refractivity contribution is 6.03. The highest BCUT2D eigenvalue weighted by Crippen LogP contribution is 2.15. The Balaban J connectivity index is 1.58. The maximum atomic E-state index is 13.5. The zero-order valence-electron chi connectivity index (χ0n) is 13.3. The SMILES string of the molecule is O=C(Cc1ccc(NC(=O)c2ccc[nH]2)cc1)Nc1ccccc1F. The van der Waals surface area contributed by atoms with E-state index in [1.165, 1.54) is 12.1 Å². The van der Waals surface area contributed by atoms with E-state index in [-0.39, 0.29) is 23.9 Å². The first-order valence-electron chi connectivity index (χ1n) is 7.70. The lowest BCUT2D eigenvalue weighted by Gasteiger charge is -2.08. The van der Waals surface area contributed by atoms with E-state index < -0.39 is 5.82 Å². The number of para-hydroxylation sites is 1. The van der Waals surface area contributed by atoms with Crippen LogP contribution < -0.4 is 10.6 Å². The Morgan fingerprint density at radius 3 is 2.36 bits per heavy atom.